The quantitative estimate of drug-likeness (QED) is 0.352. The lowest BCUT2D eigenvalue weighted by Gasteiger charge is -2.36. The van der Waals surface area contributed by atoms with Crippen LogP contribution in [-0.4, -0.2) is 49.0 Å². The Kier molecular flexibility index (Phi) is 7.07. The first kappa shape index (κ1) is 22.2. The van der Waals surface area contributed by atoms with Crippen LogP contribution in [0.15, 0.2) is 36.4 Å². The standard InChI is InChI=1S/C20H18Cl3N3O4/c1-30-20-13(10-14(21)11-17(20)23)2-5-19(27)25-8-6-24(7-9-25)18-4-3-15(26(28)29)12-16(18)22/h2-5,10-12H,6-9H2,1H3/b5-2+. The van der Waals surface area contributed by atoms with E-state index in [2.05, 4.69) is 0 Å². The summed E-state index contributed by atoms with van der Waals surface area (Å²) in [5, 5.41) is 12.0. The average molecular weight is 471 g/mol. The van der Waals surface area contributed by atoms with Crippen molar-refractivity contribution in [2.75, 3.05) is 38.2 Å². The van der Waals surface area contributed by atoms with E-state index in [4.69, 9.17) is 39.5 Å². The average Bonchev–Trinajstić information content (AvgIpc) is 2.71. The number of hydrogen-bond acceptors (Lipinski definition) is 5. The highest BCUT2D eigenvalue weighted by Crippen LogP contribution is 2.33. The van der Waals surface area contributed by atoms with Crippen molar-refractivity contribution < 1.29 is 14.5 Å². The lowest BCUT2D eigenvalue weighted by atomic mass is 10.1. The molecule has 3 rings (SSSR count). The third-order valence-corrected chi connectivity index (χ3v) is 5.52. The number of carbonyl (C=O) groups excluding carboxylic acids is 1. The molecule has 1 heterocycles. The number of non-ortho nitro benzene ring substituents is 1. The lowest BCUT2D eigenvalue weighted by molar-refractivity contribution is -0.384. The number of piperazine rings is 1. The molecule has 1 fully saturated rings. The van der Waals surface area contributed by atoms with Crippen molar-refractivity contribution >= 4 is 58.2 Å². The Hall–Kier alpha value is -2.48. The van der Waals surface area contributed by atoms with Gasteiger partial charge in [-0.25, -0.2) is 0 Å². The summed E-state index contributed by atoms with van der Waals surface area (Å²) in [6.07, 6.45) is 3.08. The maximum atomic E-state index is 12.6. The van der Waals surface area contributed by atoms with Crippen LogP contribution < -0.4 is 9.64 Å². The number of amides is 1. The summed E-state index contributed by atoms with van der Waals surface area (Å²) in [5.74, 6) is 0.297. The van der Waals surface area contributed by atoms with Crippen LogP contribution in [0.1, 0.15) is 5.56 Å². The summed E-state index contributed by atoms with van der Waals surface area (Å²) >= 11 is 18.4. The summed E-state index contributed by atoms with van der Waals surface area (Å²) in [5.41, 5.74) is 1.27. The minimum Gasteiger partial charge on any atom is -0.495 e. The maximum absolute atomic E-state index is 12.6. The molecule has 30 heavy (non-hydrogen) atoms. The zero-order chi connectivity index (χ0) is 21.8. The molecule has 0 N–H and O–H groups in total. The number of benzene rings is 2. The number of nitrogens with zero attached hydrogens (tertiary/aromatic N) is 3. The molecule has 0 atom stereocenters. The smallest absolute Gasteiger partial charge is 0.271 e. The molecule has 0 spiro atoms. The monoisotopic (exact) mass is 469 g/mol. The highest BCUT2D eigenvalue weighted by Gasteiger charge is 2.22. The van der Waals surface area contributed by atoms with E-state index in [1.54, 1.807) is 29.2 Å². The number of ether oxygens (including phenoxy) is 1. The largest absolute Gasteiger partial charge is 0.495 e. The molecule has 0 saturated carbocycles. The highest BCUT2D eigenvalue weighted by atomic mass is 35.5. The van der Waals surface area contributed by atoms with Crippen LogP contribution in [0.2, 0.25) is 15.1 Å². The van der Waals surface area contributed by atoms with E-state index in [1.807, 2.05) is 4.90 Å². The Morgan fingerprint density at radius 3 is 2.40 bits per heavy atom. The van der Waals surface area contributed by atoms with Gasteiger partial charge in [-0.05, 0) is 24.3 Å². The molecule has 2 aromatic rings. The number of methoxy groups -OCH3 is 1. The fraction of sp³-hybridized carbons (Fsp3) is 0.250. The summed E-state index contributed by atoms with van der Waals surface area (Å²) in [7, 11) is 1.50. The molecule has 1 saturated heterocycles. The van der Waals surface area contributed by atoms with Gasteiger partial charge in [0.05, 0.1) is 27.8 Å². The molecule has 7 nitrogen and oxygen atoms in total. The van der Waals surface area contributed by atoms with Gasteiger partial charge in [0.15, 0.2) is 0 Å². The van der Waals surface area contributed by atoms with Crippen molar-refractivity contribution in [1.82, 2.24) is 4.90 Å². The van der Waals surface area contributed by atoms with E-state index in [1.165, 1.54) is 25.3 Å². The van der Waals surface area contributed by atoms with Gasteiger partial charge >= 0.3 is 0 Å². The van der Waals surface area contributed by atoms with Gasteiger partial charge in [-0.1, -0.05) is 34.8 Å². The van der Waals surface area contributed by atoms with Crippen molar-refractivity contribution in [3.63, 3.8) is 0 Å². The molecule has 1 amide bonds. The Morgan fingerprint density at radius 2 is 1.80 bits per heavy atom. The molecular formula is C20H18Cl3N3O4. The van der Waals surface area contributed by atoms with Crippen molar-refractivity contribution in [3.05, 3.63) is 67.2 Å². The van der Waals surface area contributed by atoms with Crippen LogP contribution in [-0.2, 0) is 4.79 Å². The topological polar surface area (TPSA) is 75.9 Å². The Morgan fingerprint density at radius 1 is 1.10 bits per heavy atom. The SMILES string of the molecule is COc1c(Cl)cc(Cl)cc1/C=C/C(=O)N1CCN(c2ccc([N+](=O)[O-])cc2Cl)CC1. The Bertz CT molecular complexity index is 1010. The van der Waals surface area contributed by atoms with Gasteiger partial charge in [0, 0.05) is 55.0 Å². The van der Waals surface area contributed by atoms with Gasteiger partial charge in [0.1, 0.15) is 5.75 Å². The first-order valence-corrected chi connectivity index (χ1v) is 10.1. The van der Waals surface area contributed by atoms with Gasteiger partial charge in [0.25, 0.3) is 5.69 Å². The summed E-state index contributed by atoms with van der Waals surface area (Å²) in [6.45, 7) is 2.10. The van der Waals surface area contributed by atoms with Gasteiger partial charge in [-0.3, -0.25) is 14.9 Å². The second-order valence-electron chi connectivity index (χ2n) is 6.55. The van der Waals surface area contributed by atoms with Crippen LogP contribution in [0, 0.1) is 10.1 Å². The zero-order valence-corrected chi connectivity index (χ0v) is 18.2. The normalized spacial score (nSPS) is 14.3. The van der Waals surface area contributed by atoms with Crippen LogP contribution >= 0.6 is 34.8 Å². The van der Waals surface area contributed by atoms with Gasteiger partial charge < -0.3 is 14.5 Å². The number of halogens is 3. The molecule has 158 valence electrons. The van der Waals surface area contributed by atoms with Crippen LogP contribution in [0.5, 0.6) is 5.75 Å². The van der Waals surface area contributed by atoms with E-state index in [-0.39, 0.29) is 11.6 Å². The minimum atomic E-state index is -0.485. The van der Waals surface area contributed by atoms with Crippen molar-refractivity contribution in [1.29, 1.82) is 0 Å². The molecule has 1 aliphatic rings. The number of carbonyl (C=O) groups is 1. The van der Waals surface area contributed by atoms with Crippen LogP contribution in [0.4, 0.5) is 11.4 Å². The molecule has 0 aliphatic carbocycles. The molecular weight excluding hydrogens is 453 g/mol. The fourth-order valence-corrected chi connectivity index (χ4v) is 4.10. The minimum absolute atomic E-state index is 0.0563. The first-order valence-electron chi connectivity index (χ1n) is 8.99. The van der Waals surface area contributed by atoms with E-state index in [0.29, 0.717) is 58.2 Å². The predicted molar refractivity (Wildman–Crippen MR) is 119 cm³/mol. The van der Waals surface area contributed by atoms with Crippen LogP contribution in [0.3, 0.4) is 0 Å². The maximum Gasteiger partial charge on any atom is 0.271 e. The Labute approximate surface area is 188 Å². The molecule has 0 unspecified atom stereocenters. The third-order valence-electron chi connectivity index (χ3n) is 4.72. The molecule has 2 aromatic carbocycles. The second-order valence-corrected chi connectivity index (χ2v) is 7.80. The van der Waals surface area contributed by atoms with E-state index >= 15 is 0 Å². The Balaban J connectivity index is 1.65. The molecule has 10 heteroatoms. The molecule has 1 aliphatic heterocycles. The highest BCUT2D eigenvalue weighted by molar-refractivity contribution is 6.36. The van der Waals surface area contributed by atoms with E-state index in [9.17, 15) is 14.9 Å². The summed E-state index contributed by atoms with van der Waals surface area (Å²) in [6, 6.07) is 7.63. The molecule has 0 aromatic heterocycles. The zero-order valence-electron chi connectivity index (χ0n) is 16.0. The summed E-state index contributed by atoms with van der Waals surface area (Å²) < 4.78 is 5.28. The number of nitro benzene ring substituents is 1. The second kappa shape index (κ2) is 9.55. The number of rotatable bonds is 5. The fourth-order valence-electron chi connectivity index (χ4n) is 3.22. The van der Waals surface area contributed by atoms with Gasteiger partial charge in [-0.2, -0.15) is 0 Å². The number of nitro groups is 1. The van der Waals surface area contributed by atoms with E-state index in [0.717, 1.165) is 0 Å². The van der Waals surface area contributed by atoms with E-state index < -0.39 is 4.92 Å². The number of hydrogen-bond donors (Lipinski definition) is 0. The third kappa shape index (κ3) is 4.98. The molecule has 0 bridgehead atoms. The van der Waals surface area contributed by atoms with Gasteiger partial charge in [-0.15, -0.1) is 0 Å². The van der Waals surface area contributed by atoms with Crippen LogP contribution in [0.25, 0.3) is 6.08 Å². The number of anilines is 1. The van der Waals surface area contributed by atoms with Crippen molar-refractivity contribution in [2.24, 2.45) is 0 Å². The van der Waals surface area contributed by atoms with Crippen molar-refractivity contribution in [2.45, 2.75) is 0 Å². The van der Waals surface area contributed by atoms with Crippen molar-refractivity contribution in [3.8, 4) is 5.75 Å². The molecule has 0 radical (unpaired) electrons. The lowest BCUT2D eigenvalue weighted by Crippen LogP contribution is -2.48. The first-order chi connectivity index (χ1) is 14.3. The predicted octanol–water partition coefficient (Wildman–Crippen LogP) is 4.93. The van der Waals surface area contributed by atoms with Gasteiger partial charge in [0.2, 0.25) is 5.91 Å². The summed E-state index contributed by atoms with van der Waals surface area (Å²) in [4.78, 5) is 26.7.